The Bertz CT molecular complexity index is 835. The third kappa shape index (κ3) is 5.76. The van der Waals surface area contributed by atoms with Crippen LogP contribution in [0.15, 0.2) is 35.9 Å². The molecule has 4 nitrogen and oxygen atoms in total. The molecule has 2 atom stereocenters. The number of rotatable bonds is 11. The van der Waals surface area contributed by atoms with Crippen molar-refractivity contribution < 1.29 is 4.79 Å². The molecule has 4 heteroatoms. The zero-order chi connectivity index (χ0) is 24.1. The highest BCUT2D eigenvalue weighted by Crippen LogP contribution is 2.59. The van der Waals surface area contributed by atoms with Crippen LogP contribution in [0.5, 0.6) is 0 Å². The van der Waals surface area contributed by atoms with Crippen LogP contribution in [0.2, 0.25) is 0 Å². The van der Waals surface area contributed by atoms with E-state index in [2.05, 4.69) is 55.7 Å². The number of carbonyl (C=O) groups is 1. The zero-order valence-corrected chi connectivity index (χ0v) is 22.2. The van der Waals surface area contributed by atoms with Gasteiger partial charge in [-0.05, 0) is 67.2 Å². The van der Waals surface area contributed by atoms with Crippen LogP contribution in [0.25, 0.3) is 0 Å². The number of likely N-dealkylation sites (N-methyl/N-ethyl adjacent to an activating group) is 1. The van der Waals surface area contributed by atoms with E-state index in [1.54, 1.807) is 5.57 Å². The molecule has 2 bridgehead atoms. The quantitative estimate of drug-likeness (QED) is 0.319. The van der Waals surface area contributed by atoms with Gasteiger partial charge in [0.15, 0.2) is 0 Å². The highest BCUT2D eigenvalue weighted by atomic mass is 16.2. The first-order chi connectivity index (χ1) is 16.4. The summed E-state index contributed by atoms with van der Waals surface area (Å²) in [5.74, 6) is 1.92. The predicted octanol–water partition coefficient (Wildman–Crippen LogP) is 5.49. The Labute approximate surface area is 208 Å². The lowest BCUT2D eigenvalue weighted by Crippen LogP contribution is -2.51. The Hall–Kier alpha value is -1.65. The van der Waals surface area contributed by atoms with E-state index in [0.717, 1.165) is 76.2 Å². The molecule has 0 radical (unpaired) electrons. The molecule has 2 fully saturated rings. The van der Waals surface area contributed by atoms with Crippen LogP contribution in [0.3, 0.4) is 0 Å². The third-order valence-electron chi connectivity index (χ3n) is 9.10. The van der Waals surface area contributed by atoms with Gasteiger partial charge in [0.05, 0.1) is 0 Å². The molecule has 1 saturated heterocycles. The van der Waals surface area contributed by atoms with Crippen LogP contribution < -0.4 is 0 Å². The second kappa shape index (κ2) is 11.4. The van der Waals surface area contributed by atoms with Crippen molar-refractivity contribution in [3.05, 3.63) is 47.0 Å². The first-order valence-electron chi connectivity index (χ1n) is 13.9. The summed E-state index contributed by atoms with van der Waals surface area (Å²) < 4.78 is 0. The molecule has 2 unspecified atom stereocenters. The summed E-state index contributed by atoms with van der Waals surface area (Å²) in [6.45, 7) is 17.6. The minimum absolute atomic E-state index is 0.195. The molecule has 0 spiro atoms. The van der Waals surface area contributed by atoms with Gasteiger partial charge in [-0.25, -0.2) is 0 Å². The van der Waals surface area contributed by atoms with Crippen LogP contribution in [0.1, 0.15) is 75.7 Å². The van der Waals surface area contributed by atoms with Crippen molar-refractivity contribution in [2.24, 2.45) is 17.3 Å². The number of hydrogen-bond acceptors (Lipinski definition) is 3. The van der Waals surface area contributed by atoms with Crippen LogP contribution in [0, 0.1) is 17.3 Å². The van der Waals surface area contributed by atoms with Crippen molar-refractivity contribution >= 4 is 5.91 Å². The van der Waals surface area contributed by atoms with Gasteiger partial charge in [-0.2, -0.15) is 0 Å². The van der Waals surface area contributed by atoms with E-state index >= 15 is 0 Å². The maximum absolute atomic E-state index is 13.0. The number of piperazine rings is 1. The molecular weight excluding hydrogens is 418 g/mol. The van der Waals surface area contributed by atoms with E-state index in [-0.39, 0.29) is 5.91 Å². The fourth-order valence-electron chi connectivity index (χ4n) is 6.30. The summed E-state index contributed by atoms with van der Waals surface area (Å²) in [7, 11) is 0. The molecule has 1 aliphatic heterocycles. The monoisotopic (exact) mass is 465 g/mol. The standard InChI is InChI=1S/C30H47N3O/c1-5-7-8-9-24-10-12-25(13-11-24)29(34)33-20-18-32(19-21-33)17-16-31(6-2)23-26-14-15-27-22-28(26)30(27,3)4/h10-14,27-28H,5-9,15-23H2,1-4H3. The van der Waals surface area contributed by atoms with Gasteiger partial charge >= 0.3 is 0 Å². The third-order valence-corrected chi connectivity index (χ3v) is 9.10. The number of allylic oxidation sites excluding steroid dienone is 1. The van der Waals surface area contributed by atoms with Crippen molar-refractivity contribution in [1.82, 2.24) is 14.7 Å². The number of aryl methyl sites for hydroxylation is 1. The van der Waals surface area contributed by atoms with Gasteiger partial charge in [-0.1, -0.05) is 64.3 Å². The van der Waals surface area contributed by atoms with E-state index in [0.29, 0.717) is 5.41 Å². The van der Waals surface area contributed by atoms with Gasteiger partial charge < -0.3 is 4.90 Å². The van der Waals surface area contributed by atoms with Crippen molar-refractivity contribution in [1.29, 1.82) is 0 Å². The molecule has 1 amide bonds. The maximum Gasteiger partial charge on any atom is 0.253 e. The fourth-order valence-corrected chi connectivity index (χ4v) is 6.30. The number of amides is 1. The van der Waals surface area contributed by atoms with Crippen LogP contribution in [-0.4, -0.2) is 73.0 Å². The van der Waals surface area contributed by atoms with Gasteiger partial charge in [0.25, 0.3) is 5.91 Å². The van der Waals surface area contributed by atoms with Gasteiger partial charge in [-0.3, -0.25) is 14.6 Å². The van der Waals surface area contributed by atoms with Crippen LogP contribution in [-0.2, 0) is 6.42 Å². The van der Waals surface area contributed by atoms with Gasteiger partial charge in [0.1, 0.15) is 0 Å². The lowest BCUT2D eigenvalue weighted by molar-refractivity contribution is -0.0108. The number of benzene rings is 1. The molecule has 5 rings (SSSR count). The summed E-state index contributed by atoms with van der Waals surface area (Å²) in [4.78, 5) is 20.2. The molecule has 1 aromatic carbocycles. The fraction of sp³-hybridized carbons (Fsp3) is 0.700. The number of carbonyl (C=O) groups excluding carboxylic acids is 1. The predicted molar refractivity (Wildman–Crippen MR) is 142 cm³/mol. The molecule has 1 heterocycles. The Balaban J connectivity index is 1.19. The zero-order valence-electron chi connectivity index (χ0n) is 22.2. The second-order valence-corrected chi connectivity index (χ2v) is 11.5. The molecule has 3 aliphatic carbocycles. The smallest absolute Gasteiger partial charge is 0.253 e. The number of unbranched alkanes of at least 4 members (excludes halogenated alkanes) is 2. The normalized spacial score (nSPS) is 24.1. The highest BCUT2D eigenvalue weighted by Gasteiger charge is 2.51. The Morgan fingerprint density at radius 1 is 1.06 bits per heavy atom. The van der Waals surface area contributed by atoms with E-state index in [9.17, 15) is 4.79 Å². The summed E-state index contributed by atoms with van der Waals surface area (Å²) in [6.07, 6.45) is 10.1. The van der Waals surface area contributed by atoms with Crippen molar-refractivity contribution in [3.8, 4) is 0 Å². The summed E-state index contributed by atoms with van der Waals surface area (Å²) in [5, 5.41) is 0. The molecular formula is C30H47N3O. The average Bonchev–Trinajstić information content (AvgIpc) is 2.87. The largest absolute Gasteiger partial charge is 0.336 e. The lowest BCUT2D eigenvalue weighted by Gasteiger charge is -2.57. The minimum atomic E-state index is 0.195. The Morgan fingerprint density at radius 3 is 2.41 bits per heavy atom. The molecule has 4 aliphatic rings. The van der Waals surface area contributed by atoms with Gasteiger partial charge in [0.2, 0.25) is 0 Å². The van der Waals surface area contributed by atoms with E-state index in [1.807, 2.05) is 17.0 Å². The highest BCUT2D eigenvalue weighted by molar-refractivity contribution is 5.94. The molecule has 188 valence electrons. The number of nitrogens with zero attached hydrogens (tertiary/aromatic N) is 3. The Morgan fingerprint density at radius 2 is 1.79 bits per heavy atom. The average molecular weight is 466 g/mol. The van der Waals surface area contributed by atoms with Crippen molar-refractivity contribution in [2.45, 2.75) is 66.2 Å². The summed E-state index contributed by atoms with van der Waals surface area (Å²) in [6, 6.07) is 8.34. The maximum atomic E-state index is 13.0. The molecule has 0 N–H and O–H groups in total. The van der Waals surface area contributed by atoms with Crippen LogP contribution >= 0.6 is 0 Å². The lowest BCUT2D eigenvalue weighted by atomic mass is 9.49. The summed E-state index contributed by atoms with van der Waals surface area (Å²) >= 11 is 0. The van der Waals surface area contributed by atoms with Gasteiger partial charge in [0, 0.05) is 51.4 Å². The Kier molecular flexibility index (Phi) is 8.52. The van der Waals surface area contributed by atoms with Crippen LogP contribution in [0.4, 0.5) is 0 Å². The SMILES string of the molecule is CCCCCc1ccc(C(=O)N2CCN(CCN(CC)CC3=CCC4CC3C4(C)C)CC2)cc1. The number of fused-ring (bicyclic) bond motifs is 1. The topological polar surface area (TPSA) is 26.8 Å². The van der Waals surface area contributed by atoms with E-state index < -0.39 is 0 Å². The molecule has 1 aromatic rings. The van der Waals surface area contributed by atoms with E-state index in [4.69, 9.17) is 0 Å². The van der Waals surface area contributed by atoms with Crippen molar-refractivity contribution in [2.75, 3.05) is 52.4 Å². The van der Waals surface area contributed by atoms with E-state index in [1.165, 1.54) is 37.7 Å². The molecule has 34 heavy (non-hydrogen) atoms. The molecule has 1 saturated carbocycles. The van der Waals surface area contributed by atoms with Crippen molar-refractivity contribution in [3.63, 3.8) is 0 Å². The molecule has 0 aromatic heterocycles. The summed E-state index contributed by atoms with van der Waals surface area (Å²) in [5.41, 5.74) is 4.40. The minimum Gasteiger partial charge on any atom is -0.336 e. The second-order valence-electron chi connectivity index (χ2n) is 11.5. The first-order valence-corrected chi connectivity index (χ1v) is 13.9. The van der Waals surface area contributed by atoms with Gasteiger partial charge in [-0.15, -0.1) is 0 Å². The first kappa shape index (κ1) is 25.4. The number of hydrogen-bond donors (Lipinski definition) is 0.